The van der Waals surface area contributed by atoms with Crippen molar-refractivity contribution in [3.8, 4) is 0 Å². The van der Waals surface area contributed by atoms with Crippen LogP contribution in [0, 0.1) is 0 Å². The second-order valence-corrected chi connectivity index (χ2v) is 8.02. The minimum Gasteiger partial charge on any atom is -0.475 e. The van der Waals surface area contributed by atoms with Gasteiger partial charge in [-0.3, -0.25) is 9.69 Å². The number of fused-ring (bicyclic) bond motifs is 1. The molecule has 2 aromatic heterocycles. The number of para-hydroxylation sites is 2. The van der Waals surface area contributed by atoms with E-state index in [0.717, 1.165) is 5.69 Å². The monoisotopic (exact) mass is 508 g/mol. The molecule has 0 bridgehead atoms. The number of hydrogen-bond acceptors (Lipinski definition) is 7. The van der Waals surface area contributed by atoms with Crippen molar-refractivity contribution < 1.29 is 24.2 Å². The Balaban J connectivity index is 0.000000197. The number of nitrogens with two attached hydrogens (primary N) is 1. The molecule has 2 amide bonds. The molecule has 0 radical (unpaired) electrons. The van der Waals surface area contributed by atoms with E-state index in [0.29, 0.717) is 40.7 Å². The van der Waals surface area contributed by atoms with Crippen LogP contribution in [0.5, 0.6) is 0 Å². The number of halogens is 1. The number of rotatable bonds is 5. The third-order valence-electron chi connectivity index (χ3n) is 5.11. The third kappa shape index (κ3) is 5.70. The molecule has 1 aliphatic rings. The highest BCUT2D eigenvalue weighted by molar-refractivity contribution is 6.30. The molecule has 12 heteroatoms. The number of aromatic carboxylic acids is 1. The fraction of sp³-hybridized carbons (Fsp3) is 0.125. The van der Waals surface area contributed by atoms with Crippen molar-refractivity contribution in [3.05, 3.63) is 77.7 Å². The Kier molecular flexibility index (Phi) is 7.31. The summed E-state index contributed by atoms with van der Waals surface area (Å²) < 4.78 is 6.16. The number of carbonyl (C=O) groups excluding carboxylic acids is 2. The van der Waals surface area contributed by atoms with Gasteiger partial charge in [0.25, 0.3) is 0 Å². The minimum absolute atomic E-state index is 0.188. The Morgan fingerprint density at radius 2 is 1.86 bits per heavy atom. The van der Waals surface area contributed by atoms with E-state index in [1.54, 1.807) is 53.4 Å². The molecule has 11 nitrogen and oxygen atoms in total. The number of imidazole rings is 1. The molecule has 36 heavy (non-hydrogen) atoms. The molecule has 2 aromatic carbocycles. The number of aromatic nitrogens is 3. The van der Waals surface area contributed by atoms with Gasteiger partial charge < -0.3 is 25.5 Å². The average molecular weight is 509 g/mol. The highest BCUT2D eigenvalue weighted by Gasteiger charge is 2.23. The number of pyridine rings is 1. The number of nitrogens with one attached hydrogen (secondary N) is 1. The van der Waals surface area contributed by atoms with Gasteiger partial charge in [0.05, 0.1) is 22.6 Å². The number of anilines is 3. The lowest BCUT2D eigenvalue weighted by molar-refractivity contribution is -0.116. The Hall–Kier alpha value is -4.64. The molecule has 3 heterocycles. The van der Waals surface area contributed by atoms with Gasteiger partial charge in [0.2, 0.25) is 11.7 Å². The molecule has 0 unspecified atom stereocenters. The molecule has 1 fully saturated rings. The van der Waals surface area contributed by atoms with Crippen molar-refractivity contribution in [1.29, 1.82) is 0 Å². The normalized spacial score (nSPS) is 12.6. The van der Waals surface area contributed by atoms with E-state index >= 15 is 0 Å². The van der Waals surface area contributed by atoms with Crippen LogP contribution in [0.3, 0.4) is 0 Å². The number of amides is 2. The SMILES string of the molecule is Nc1ccc(N2CCOC2=O)cc1.O=C(Cn1c(C(=O)O)nc2ccccc21)Nc1ccc(Cl)cn1. The van der Waals surface area contributed by atoms with Crippen LogP contribution in [-0.4, -0.2) is 50.8 Å². The summed E-state index contributed by atoms with van der Waals surface area (Å²) in [7, 11) is 0. The van der Waals surface area contributed by atoms with Gasteiger partial charge in [-0.25, -0.2) is 19.6 Å². The van der Waals surface area contributed by atoms with E-state index in [2.05, 4.69) is 15.3 Å². The molecule has 4 aromatic rings. The maximum atomic E-state index is 12.2. The van der Waals surface area contributed by atoms with Gasteiger partial charge in [0.15, 0.2) is 0 Å². The number of carboxylic acids is 1. The van der Waals surface area contributed by atoms with Crippen molar-refractivity contribution in [2.45, 2.75) is 6.54 Å². The van der Waals surface area contributed by atoms with E-state index in [9.17, 15) is 19.5 Å². The largest absolute Gasteiger partial charge is 0.475 e. The Labute approximate surface area is 210 Å². The number of carbonyl (C=O) groups is 3. The van der Waals surface area contributed by atoms with E-state index in [4.69, 9.17) is 22.1 Å². The average Bonchev–Trinajstić information content (AvgIpc) is 3.45. The Bertz CT molecular complexity index is 1410. The van der Waals surface area contributed by atoms with E-state index < -0.39 is 11.9 Å². The van der Waals surface area contributed by atoms with Crippen LogP contribution in [0.4, 0.5) is 22.0 Å². The summed E-state index contributed by atoms with van der Waals surface area (Å²) in [4.78, 5) is 44.2. The van der Waals surface area contributed by atoms with Gasteiger partial charge in [-0.1, -0.05) is 23.7 Å². The summed E-state index contributed by atoms with van der Waals surface area (Å²) in [5.41, 5.74) is 8.14. The highest BCUT2D eigenvalue weighted by Crippen LogP contribution is 2.20. The molecule has 0 saturated carbocycles. The quantitative estimate of drug-likeness (QED) is 0.345. The summed E-state index contributed by atoms with van der Waals surface area (Å²) in [5, 5.41) is 12.3. The Morgan fingerprint density at radius 3 is 2.50 bits per heavy atom. The lowest BCUT2D eigenvalue weighted by Crippen LogP contribution is -2.23. The van der Waals surface area contributed by atoms with Crippen molar-refractivity contribution in [1.82, 2.24) is 14.5 Å². The Morgan fingerprint density at radius 1 is 1.11 bits per heavy atom. The van der Waals surface area contributed by atoms with Gasteiger partial charge in [-0.2, -0.15) is 0 Å². The van der Waals surface area contributed by atoms with Crippen molar-refractivity contribution in [2.75, 3.05) is 29.1 Å². The van der Waals surface area contributed by atoms with Crippen LogP contribution in [0.15, 0.2) is 66.9 Å². The van der Waals surface area contributed by atoms with Crippen molar-refractivity contribution in [3.63, 3.8) is 0 Å². The van der Waals surface area contributed by atoms with Crippen molar-refractivity contribution in [2.24, 2.45) is 0 Å². The number of cyclic esters (lactones) is 1. The first-order valence-corrected chi connectivity index (χ1v) is 11.1. The number of carboxylic acid groups (broad SMARTS) is 1. The van der Waals surface area contributed by atoms with E-state index in [1.807, 2.05) is 12.1 Å². The molecule has 5 rings (SSSR count). The number of nitrogen functional groups attached to an aromatic ring is 1. The number of hydrogen-bond donors (Lipinski definition) is 3. The van der Waals surface area contributed by atoms with Crippen LogP contribution in [-0.2, 0) is 16.1 Å². The second-order valence-electron chi connectivity index (χ2n) is 7.58. The van der Waals surface area contributed by atoms with Crippen LogP contribution < -0.4 is 16.0 Å². The zero-order chi connectivity index (χ0) is 25.7. The minimum atomic E-state index is -1.20. The molecular formula is C24H21ClN6O5. The predicted molar refractivity (Wildman–Crippen MR) is 134 cm³/mol. The predicted octanol–water partition coefficient (Wildman–Crippen LogP) is 3.65. The maximum Gasteiger partial charge on any atom is 0.414 e. The van der Waals surface area contributed by atoms with E-state index in [1.165, 1.54) is 10.8 Å². The topological polar surface area (TPSA) is 153 Å². The summed E-state index contributed by atoms with van der Waals surface area (Å²) in [6.45, 7) is 0.887. The lowest BCUT2D eigenvalue weighted by Gasteiger charge is -2.11. The molecule has 0 aliphatic carbocycles. The fourth-order valence-electron chi connectivity index (χ4n) is 3.46. The first kappa shape index (κ1) is 24.5. The van der Waals surface area contributed by atoms with Gasteiger partial charge in [-0.05, 0) is 48.5 Å². The zero-order valence-electron chi connectivity index (χ0n) is 18.8. The summed E-state index contributed by atoms with van der Waals surface area (Å²) in [5.74, 6) is -1.46. The number of benzene rings is 2. The zero-order valence-corrected chi connectivity index (χ0v) is 19.6. The van der Waals surface area contributed by atoms with E-state index in [-0.39, 0.29) is 18.5 Å². The summed E-state index contributed by atoms with van der Waals surface area (Å²) >= 11 is 5.73. The third-order valence-corrected chi connectivity index (χ3v) is 5.33. The molecule has 4 N–H and O–H groups in total. The lowest BCUT2D eigenvalue weighted by atomic mass is 10.2. The van der Waals surface area contributed by atoms with Gasteiger partial charge in [0.1, 0.15) is 19.0 Å². The maximum absolute atomic E-state index is 12.2. The fourth-order valence-corrected chi connectivity index (χ4v) is 3.57. The van der Waals surface area contributed by atoms with Crippen LogP contribution >= 0.6 is 11.6 Å². The number of ether oxygens (including phenoxy) is 1. The highest BCUT2D eigenvalue weighted by atomic mass is 35.5. The second kappa shape index (κ2) is 10.7. The molecule has 0 atom stereocenters. The smallest absolute Gasteiger partial charge is 0.414 e. The molecule has 184 valence electrons. The first-order chi connectivity index (χ1) is 17.3. The van der Waals surface area contributed by atoms with Crippen LogP contribution in [0.1, 0.15) is 10.6 Å². The molecule has 1 aliphatic heterocycles. The van der Waals surface area contributed by atoms with Crippen LogP contribution in [0.25, 0.3) is 11.0 Å². The number of nitrogens with zero attached hydrogens (tertiary/aromatic N) is 4. The van der Waals surface area contributed by atoms with Crippen molar-refractivity contribution >= 4 is 57.8 Å². The standard InChI is InChI=1S/C15H11ClN4O3.C9H10N2O2/c16-9-5-6-12(17-7-9)19-13(21)8-20-11-4-2-1-3-10(11)18-14(20)15(22)23;10-7-1-3-8(4-2-7)11-5-6-13-9(11)12/h1-7H,8H2,(H,22,23)(H,17,19,21);1-4H,5-6,10H2. The molecule has 0 spiro atoms. The molecular weight excluding hydrogens is 488 g/mol. The summed E-state index contributed by atoms with van der Waals surface area (Å²) in [6, 6.07) is 17.2. The molecule has 1 saturated heterocycles. The van der Waals surface area contributed by atoms with Gasteiger partial charge >= 0.3 is 12.1 Å². The first-order valence-electron chi connectivity index (χ1n) is 10.7. The van der Waals surface area contributed by atoms with Gasteiger partial charge in [0, 0.05) is 17.6 Å². The summed E-state index contributed by atoms with van der Waals surface area (Å²) in [6.07, 6.45) is 1.12. The van der Waals surface area contributed by atoms with Crippen LogP contribution in [0.2, 0.25) is 5.02 Å². The van der Waals surface area contributed by atoms with Gasteiger partial charge in [-0.15, -0.1) is 0 Å².